The van der Waals surface area contributed by atoms with Crippen LogP contribution in [0.4, 0.5) is 0 Å². The van der Waals surface area contributed by atoms with Gasteiger partial charge in [-0.2, -0.15) is 0 Å². The van der Waals surface area contributed by atoms with Gasteiger partial charge in [0.25, 0.3) is 0 Å². The van der Waals surface area contributed by atoms with E-state index in [1.807, 2.05) is 7.05 Å². The molecule has 2 heterocycles. The third kappa shape index (κ3) is 6.46. The largest absolute Gasteiger partial charge is 0.355 e. The first-order valence-electron chi connectivity index (χ1n) is 11.0. The minimum absolute atomic E-state index is 0. The number of rotatable bonds is 3. The van der Waals surface area contributed by atoms with Gasteiger partial charge in [0.05, 0.1) is 0 Å². The Morgan fingerprint density at radius 1 is 0.963 bits per heavy atom. The number of likely N-dealkylation sites (tertiary alicyclic amines) is 1. The fraction of sp³-hybridized carbons (Fsp3) is 0.952. The van der Waals surface area contributed by atoms with Gasteiger partial charge in [-0.25, -0.2) is 0 Å². The molecule has 1 atom stereocenters. The van der Waals surface area contributed by atoms with Crippen molar-refractivity contribution in [3.05, 3.63) is 0 Å². The van der Waals surface area contributed by atoms with Crippen molar-refractivity contribution in [3.8, 4) is 0 Å². The van der Waals surface area contributed by atoms with Crippen LogP contribution < -0.4 is 5.32 Å². The SMILES string of the molecule is CN=C(NCC(C)N1CCN(C)CC1)N1CCCC2(CCCCCC2)C1.I. The monoisotopic (exact) mass is 491 g/mol. The average Bonchev–Trinajstić information content (AvgIpc) is 2.88. The number of piperazine rings is 1. The van der Waals surface area contributed by atoms with Crippen molar-refractivity contribution in [2.24, 2.45) is 10.4 Å². The number of aliphatic imine (C=N–C) groups is 1. The molecule has 1 saturated carbocycles. The summed E-state index contributed by atoms with van der Waals surface area (Å²) in [6, 6.07) is 0.567. The Balaban J connectivity index is 0.00000261. The van der Waals surface area contributed by atoms with Crippen molar-refractivity contribution in [2.75, 3.05) is 59.9 Å². The molecule has 158 valence electrons. The lowest BCUT2D eigenvalue weighted by Gasteiger charge is -2.44. The summed E-state index contributed by atoms with van der Waals surface area (Å²) in [5, 5.41) is 3.71. The summed E-state index contributed by atoms with van der Waals surface area (Å²) < 4.78 is 0. The lowest BCUT2D eigenvalue weighted by molar-refractivity contribution is 0.110. The molecule has 0 aromatic carbocycles. The maximum atomic E-state index is 4.65. The van der Waals surface area contributed by atoms with E-state index in [1.54, 1.807) is 0 Å². The molecule has 1 N–H and O–H groups in total. The predicted molar refractivity (Wildman–Crippen MR) is 126 cm³/mol. The average molecular weight is 492 g/mol. The summed E-state index contributed by atoms with van der Waals surface area (Å²) in [5.74, 6) is 1.13. The minimum Gasteiger partial charge on any atom is -0.355 e. The Labute approximate surface area is 184 Å². The molecule has 6 heteroatoms. The first-order chi connectivity index (χ1) is 12.6. The molecule has 3 aliphatic rings. The van der Waals surface area contributed by atoms with Crippen LogP contribution in [-0.4, -0.2) is 86.6 Å². The highest BCUT2D eigenvalue weighted by Crippen LogP contribution is 2.42. The minimum atomic E-state index is 0. The summed E-state index contributed by atoms with van der Waals surface area (Å²) in [5.41, 5.74) is 0.565. The van der Waals surface area contributed by atoms with E-state index in [4.69, 9.17) is 0 Å². The zero-order valence-electron chi connectivity index (χ0n) is 17.9. The van der Waals surface area contributed by atoms with Gasteiger partial charge in [0.2, 0.25) is 0 Å². The summed E-state index contributed by atoms with van der Waals surface area (Å²) in [6.07, 6.45) is 11.4. The third-order valence-corrected chi connectivity index (χ3v) is 7.05. The lowest BCUT2D eigenvalue weighted by Crippen LogP contribution is -2.54. The fourth-order valence-electron chi connectivity index (χ4n) is 5.24. The number of likely N-dealkylation sites (N-methyl/N-ethyl adjacent to an activating group) is 1. The van der Waals surface area contributed by atoms with Gasteiger partial charge in [-0.15, -0.1) is 24.0 Å². The highest BCUT2D eigenvalue weighted by Gasteiger charge is 2.36. The molecule has 3 fully saturated rings. The molecule has 2 saturated heterocycles. The molecule has 27 heavy (non-hydrogen) atoms. The van der Waals surface area contributed by atoms with Crippen LogP contribution in [0.5, 0.6) is 0 Å². The molecule has 1 spiro atoms. The van der Waals surface area contributed by atoms with Crippen LogP contribution in [0.25, 0.3) is 0 Å². The molecule has 0 aromatic heterocycles. The van der Waals surface area contributed by atoms with Gasteiger partial charge >= 0.3 is 0 Å². The van der Waals surface area contributed by atoms with Crippen molar-refractivity contribution in [2.45, 2.75) is 64.3 Å². The van der Waals surface area contributed by atoms with Crippen LogP contribution in [0.2, 0.25) is 0 Å². The number of hydrogen-bond acceptors (Lipinski definition) is 3. The van der Waals surface area contributed by atoms with E-state index in [-0.39, 0.29) is 24.0 Å². The smallest absolute Gasteiger partial charge is 0.193 e. The van der Waals surface area contributed by atoms with E-state index in [0.717, 1.165) is 12.5 Å². The number of halogens is 1. The Bertz CT molecular complexity index is 453. The standard InChI is InChI=1S/C21H41N5.HI/c1-19(25-15-13-24(3)14-16-25)17-23-20(22-2)26-12-8-11-21(18-26)9-6-4-5-7-10-21;/h19H,4-18H2,1-3H3,(H,22,23);1H. The van der Waals surface area contributed by atoms with E-state index in [2.05, 4.69) is 39.0 Å². The highest BCUT2D eigenvalue weighted by atomic mass is 127. The third-order valence-electron chi connectivity index (χ3n) is 7.05. The van der Waals surface area contributed by atoms with Gasteiger partial charge in [-0.05, 0) is 45.1 Å². The Kier molecular flexibility index (Phi) is 9.62. The fourth-order valence-corrected chi connectivity index (χ4v) is 5.24. The van der Waals surface area contributed by atoms with E-state index < -0.39 is 0 Å². The second-order valence-electron chi connectivity index (χ2n) is 9.06. The van der Waals surface area contributed by atoms with E-state index in [0.29, 0.717) is 11.5 Å². The van der Waals surface area contributed by atoms with Gasteiger partial charge in [0, 0.05) is 58.9 Å². The van der Waals surface area contributed by atoms with Gasteiger partial charge in [0.1, 0.15) is 0 Å². The topological polar surface area (TPSA) is 34.1 Å². The number of guanidine groups is 1. The molecule has 0 radical (unpaired) electrons. The maximum Gasteiger partial charge on any atom is 0.193 e. The van der Waals surface area contributed by atoms with Crippen LogP contribution in [0.1, 0.15) is 58.3 Å². The Morgan fingerprint density at radius 2 is 1.59 bits per heavy atom. The molecular weight excluding hydrogens is 449 g/mol. The number of nitrogens with one attached hydrogen (secondary N) is 1. The molecular formula is C21H42IN5. The summed E-state index contributed by atoms with van der Waals surface area (Å²) in [4.78, 5) is 12.2. The zero-order chi connectivity index (χ0) is 18.4. The van der Waals surface area contributed by atoms with Crippen LogP contribution >= 0.6 is 24.0 Å². The van der Waals surface area contributed by atoms with Crippen LogP contribution in [0.3, 0.4) is 0 Å². The molecule has 0 aromatic rings. The second kappa shape index (κ2) is 11.2. The van der Waals surface area contributed by atoms with Crippen LogP contribution in [0, 0.1) is 5.41 Å². The molecule has 3 rings (SSSR count). The van der Waals surface area contributed by atoms with Crippen molar-refractivity contribution in [3.63, 3.8) is 0 Å². The van der Waals surface area contributed by atoms with Gasteiger partial charge < -0.3 is 15.1 Å². The van der Waals surface area contributed by atoms with Gasteiger partial charge in [0.15, 0.2) is 5.96 Å². The molecule has 0 amide bonds. The van der Waals surface area contributed by atoms with Crippen LogP contribution in [-0.2, 0) is 0 Å². The summed E-state index contributed by atoms with van der Waals surface area (Å²) in [6.45, 7) is 10.5. The zero-order valence-corrected chi connectivity index (χ0v) is 20.2. The van der Waals surface area contributed by atoms with Gasteiger partial charge in [-0.1, -0.05) is 25.7 Å². The summed E-state index contributed by atoms with van der Waals surface area (Å²) >= 11 is 0. The Morgan fingerprint density at radius 3 is 2.22 bits per heavy atom. The predicted octanol–water partition coefficient (Wildman–Crippen LogP) is 3.25. The molecule has 1 unspecified atom stereocenters. The van der Waals surface area contributed by atoms with Crippen molar-refractivity contribution in [1.29, 1.82) is 0 Å². The second-order valence-corrected chi connectivity index (χ2v) is 9.06. The van der Waals surface area contributed by atoms with E-state index in [9.17, 15) is 0 Å². The maximum absolute atomic E-state index is 4.65. The first-order valence-corrected chi connectivity index (χ1v) is 11.0. The van der Waals surface area contributed by atoms with Crippen molar-refractivity contribution >= 4 is 29.9 Å². The molecule has 0 bridgehead atoms. The highest BCUT2D eigenvalue weighted by molar-refractivity contribution is 14.0. The summed E-state index contributed by atoms with van der Waals surface area (Å²) in [7, 11) is 4.18. The Hall–Kier alpha value is -0.0800. The molecule has 1 aliphatic carbocycles. The number of piperidine rings is 1. The molecule has 2 aliphatic heterocycles. The lowest BCUT2D eigenvalue weighted by atomic mass is 9.74. The van der Waals surface area contributed by atoms with E-state index in [1.165, 1.54) is 90.6 Å². The van der Waals surface area contributed by atoms with Crippen molar-refractivity contribution < 1.29 is 0 Å². The van der Waals surface area contributed by atoms with Gasteiger partial charge in [-0.3, -0.25) is 9.89 Å². The van der Waals surface area contributed by atoms with E-state index >= 15 is 0 Å². The quantitative estimate of drug-likeness (QED) is 0.374. The van der Waals surface area contributed by atoms with Crippen LogP contribution in [0.15, 0.2) is 4.99 Å². The molecule has 5 nitrogen and oxygen atoms in total. The van der Waals surface area contributed by atoms with Crippen molar-refractivity contribution in [1.82, 2.24) is 20.0 Å². The number of hydrogen-bond donors (Lipinski definition) is 1. The normalized spacial score (nSPS) is 26.3. The first kappa shape index (κ1) is 23.2. The number of nitrogens with zero attached hydrogens (tertiary/aromatic N) is 4.